The van der Waals surface area contributed by atoms with Crippen molar-refractivity contribution in [1.29, 1.82) is 0 Å². The molecule has 1 aliphatic heterocycles. The summed E-state index contributed by atoms with van der Waals surface area (Å²) >= 11 is 0. The van der Waals surface area contributed by atoms with E-state index >= 15 is 0 Å². The molecule has 0 atom stereocenters. The summed E-state index contributed by atoms with van der Waals surface area (Å²) in [4.78, 5) is 25.9. The van der Waals surface area contributed by atoms with E-state index in [1.165, 1.54) is 5.56 Å². The zero-order valence-corrected chi connectivity index (χ0v) is 12.8. The summed E-state index contributed by atoms with van der Waals surface area (Å²) in [5.41, 5.74) is 3.25. The third kappa shape index (κ3) is 3.38. The molecule has 1 saturated carbocycles. The Bertz CT molecular complexity index is 605. The van der Waals surface area contributed by atoms with Gasteiger partial charge in [-0.25, -0.2) is 0 Å². The first-order valence-corrected chi connectivity index (χ1v) is 7.98. The summed E-state index contributed by atoms with van der Waals surface area (Å²) in [5.74, 6) is 0.566. The standard InChI is InChI=1S/C18H22N2O2/c1-2-3-4-17(21)19-16-8-7-13-9-10-20(12-15(13)11-16)18(22)14-5-6-14/h2,7-8,11,14H,1,3-6,9-10,12H2,(H,19,21). The van der Waals surface area contributed by atoms with Crippen LogP contribution in [0.4, 0.5) is 5.69 Å². The van der Waals surface area contributed by atoms with Gasteiger partial charge in [0.25, 0.3) is 0 Å². The number of nitrogens with one attached hydrogen (secondary N) is 1. The van der Waals surface area contributed by atoms with Crippen molar-refractivity contribution in [2.75, 3.05) is 11.9 Å². The summed E-state index contributed by atoms with van der Waals surface area (Å²) in [7, 11) is 0. The van der Waals surface area contributed by atoms with Gasteiger partial charge in [0.2, 0.25) is 11.8 Å². The van der Waals surface area contributed by atoms with Crippen molar-refractivity contribution in [1.82, 2.24) is 4.90 Å². The number of allylic oxidation sites excluding steroid dienone is 1. The third-order valence-corrected chi connectivity index (χ3v) is 4.32. The fraction of sp³-hybridized carbons (Fsp3) is 0.444. The topological polar surface area (TPSA) is 49.4 Å². The number of amides is 2. The fourth-order valence-electron chi connectivity index (χ4n) is 2.87. The largest absolute Gasteiger partial charge is 0.338 e. The molecule has 0 spiro atoms. The van der Waals surface area contributed by atoms with Crippen LogP contribution < -0.4 is 5.32 Å². The number of carbonyl (C=O) groups excluding carboxylic acids is 2. The lowest BCUT2D eigenvalue weighted by Crippen LogP contribution is -2.36. The van der Waals surface area contributed by atoms with E-state index in [4.69, 9.17) is 0 Å². The number of fused-ring (bicyclic) bond motifs is 1. The summed E-state index contributed by atoms with van der Waals surface area (Å²) in [6.45, 7) is 5.10. The van der Waals surface area contributed by atoms with Crippen LogP contribution in [0, 0.1) is 5.92 Å². The van der Waals surface area contributed by atoms with Crippen LogP contribution in [0.25, 0.3) is 0 Å². The maximum absolute atomic E-state index is 12.2. The smallest absolute Gasteiger partial charge is 0.225 e. The molecule has 1 aliphatic carbocycles. The van der Waals surface area contributed by atoms with Crippen LogP contribution in [0.1, 0.15) is 36.8 Å². The van der Waals surface area contributed by atoms with E-state index in [0.717, 1.165) is 37.1 Å². The van der Waals surface area contributed by atoms with Crippen LogP contribution >= 0.6 is 0 Å². The van der Waals surface area contributed by atoms with Crippen LogP contribution in [0.3, 0.4) is 0 Å². The van der Waals surface area contributed by atoms with Gasteiger partial charge >= 0.3 is 0 Å². The Balaban J connectivity index is 1.67. The van der Waals surface area contributed by atoms with Crippen molar-refractivity contribution in [3.8, 4) is 0 Å². The van der Waals surface area contributed by atoms with Crippen molar-refractivity contribution < 1.29 is 9.59 Å². The minimum atomic E-state index is 0.00146. The van der Waals surface area contributed by atoms with Crippen molar-refractivity contribution in [2.24, 2.45) is 5.92 Å². The highest BCUT2D eigenvalue weighted by Gasteiger charge is 2.34. The van der Waals surface area contributed by atoms with Gasteiger partial charge in [-0.15, -0.1) is 6.58 Å². The molecule has 0 saturated heterocycles. The molecule has 2 aliphatic rings. The SMILES string of the molecule is C=CCCC(=O)Nc1ccc2c(c1)CN(C(=O)C1CC1)CC2. The van der Waals surface area contributed by atoms with Gasteiger partial charge in [0.1, 0.15) is 0 Å². The first-order valence-electron chi connectivity index (χ1n) is 7.98. The summed E-state index contributed by atoms with van der Waals surface area (Å²) in [6.07, 6.45) is 5.86. The zero-order valence-electron chi connectivity index (χ0n) is 12.8. The molecule has 0 bridgehead atoms. The molecule has 0 radical (unpaired) electrons. The maximum Gasteiger partial charge on any atom is 0.225 e. The van der Waals surface area contributed by atoms with E-state index in [0.29, 0.717) is 25.3 Å². The predicted molar refractivity (Wildman–Crippen MR) is 86.3 cm³/mol. The first-order chi connectivity index (χ1) is 10.7. The Morgan fingerprint density at radius 1 is 1.32 bits per heavy atom. The molecule has 1 aromatic rings. The molecule has 4 nitrogen and oxygen atoms in total. The Morgan fingerprint density at radius 2 is 2.14 bits per heavy atom. The lowest BCUT2D eigenvalue weighted by atomic mass is 9.98. The number of hydrogen-bond acceptors (Lipinski definition) is 2. The van der Waals surface area contributed by atoms with Gasteiger partial charge in [-0.3, -0.25) is 9.59 Å². The number of hydrogen-bond donors (Lipinski definition) is 1. The highest BCUT2D eigenvalue weighted by molar-refractivity contribution is 5.91. The van der Waals surface area contributed by atoms with Crippen molar-refractivity contribution in [2.45, 2.75) is 38.6 Å². The number of nitrogens with zero attached hydrogens (tertiary/aromatic N) is 1. The van der Waals surface area contributed by atoms with E-state index in [1.54, 1.807) is 6.08 Å². The van der Waals surface area contributed by atoms with E-state index in [2.05, 4.69) is 18.0 Å². The maximum atomic E-state index is 12.2. The second-order valence-corrected chi connectivity index (χ2v) is 6.14. The van der Waals surface area contributed by atoms with E-state index < -0.39 is 0 Å². The van der Waals surface area contributed by atoms with Crippen LogP contribution in [0.5, 0.6) is 0 Å². The molecule has 1 N–H and O–H groups in total. The summed E-state index contributed by atoms with van der Waals surface area (Å²) < 4.78 is 0. The zero-order chi connectivity index (χ0) is 15.5. The lowest BCUT2D eigenvalue weighted by molar-refractivity contribution is -0.133. The van der Waals surface area contributed by atoms with Gasteiger partial charge in [0.15, 0.2) is 0 Å². The molecule has 1 fully saturated rings. The summed E-state index contributed by atoms with van der Waals surface area (Å²) in [5, 5.41) is 2.92. The molecule has 2 amide bonds. The minimum Gasteiger partial charge on any atom is -0.338 e. The Morgan fingerprint density at radius 3 is 2.86 bits per heavy atom. The third-order valence-electron chi connectivity index (χ3n) is 4.32. The normalized spacial score (nSPS) is 16.8. The molecule has 1 aromatic carbocycles. The molecule has 22 heavy (non-hydrogen) atoms. The van der Waals surface area contributed by atoms with Crippen molar-refractivity contribution >= 4 is 17.5 Å². The van der Waals surface area contributed by atoms with E-state index in [1.807, 2.05) is 17.0 Å². The van der Waals surface area contributed by atoms with Gasteiger partial charge in [0.05, 0.1) is 0 Å². The number of anilines is 1. The first kappa shape index (κ1) is 14.8. The van der Waals surface area contributed by atoms with Crippen LogP contribution in [-0.4, -0.2) is 23.3 Å². The predicted octanol–water partition coefficient (Wildman–Crippen LogP) is 2.89. The second kappa shape index (κ2) is 6.34. The van der Waals surface area contributed by atoms with Crippen LogP contribution in [-0.2, 0) is 22.6 Å². The molecular formula is C18H22N2O2. The molecule has 116 valence electrons. The molecule has 0 aromatic heterocycles. The van der Waals surface area contributed by atoms with Crippen LogP contribution in [0.2, 0.25) is 0 Å². The fourth-order valence-corrected chi connectivity index (χ4v) is 2.87. The molecule has 3 rings (SSSR count). The number of rotatable bonds is 5. The molecule has 0 unspecified atom stereocenters. The van der Waals surface area contributed by atoms with E-state index in [-0.39, 0.29) is 11.8 Å². The van der Waals surface area contributed by atoms with E-state index in [9.17, 15) is 9.59 Å². The molecule has 4 heteroatoms. The average Bonchev–Trinajstić information content (AvgIpc) is 3.36. The van der Waals surface area contributed by atoms with Gasteiger partial charge in [-0.05, 0) is 48.9 Å². The highest BCUT2D eigenvalue weighted by Crippen LogP contribution is 2.33. The quantitative estimate of drug-likeness (QED) is 0.850. The van der Waals surface area contributed by atoms with Gasteiger partial charge in [-0.2, -0.15) is 0 Å². The number of carbonyl (C=O) groups is 2. The van der Waals surface area contributed by atoms with Gasteiger partial charge < -0.3 is 10.2 Å². The van der Waals surface area contributed by atoms with Crippen molar-refractivity contribution in [3.05, 3.63) is 42.0 Å². The average molecular weight is 298 g/mol. The number of benzene rings is 1. The Labute approximate surface area is 131 Å². The van der Waals surface area contributed by atoms with Gasteiger partial charge in [0, 0.05) is 31.1 Å². The molecule has 1 heterocycles. The second-order valence-electron chi connectivity index (χ2n) is 6.14. The Hall–Kier alpha value is -2.10. The Kier molecular flexibility index (Phi) is 4.27. The minimum absolute atomic E-state index is 0.00146. The van der Waals surface area contributed by atoms with Crippen LogP contribution in [0.15, 0.2) is 30.9 Å². The highest BCUT2D eigenvalue weighted by atomic mass is 16.2. The summed E-state index contributed by atoms with van der Waals surface area (Å²) in [6, 6.07) is 6.02. The van der Waals surface area contributed by atoms with Gasteiger partial charge in [-0.1, -0.05) is 12.1 Å². The lowest BCUT2D eigenvalue weighted by Gasteiger charge is -2.29. The van der Waals surface area contributed by atoms with Crippen molar-refractivity contribution in [3.63, 3.8) is 0 Å². The molecular weight excluding hydrogens is 276 g/mol. The monoisotopic (exact) mass is 298 g/mol.